The van der Waals surface area contributed by atoms with Gasteiger partial charge in [-0.05, 0) is 43.4 Å². The molecule has 0 saturated carbocycles. The molecule has 0 bridgehead atoms. The van der Waals surface area contributed by atoms with Crippen LogP contribution < -0.4 is 15.8 Å². The second-order valence-electron chi connectivity index (χ2n) is 7.90. The molecule has 2 saturated heterocycles. The van der Waals surface area contributed by atoms with Crippen LogP contribution in [-0.4, -0.2) is 45.9 Å². The molecule has 1 aromatic carbocycles. The number of piperidine rings is 1. The van der Waals surface area contributed by atoms with Crippen LogP contribution in [0.1, 0.15) is 41.7 Å². The lowest BCUT2D eigenvalue weighted by Gasteiger charge is -2.39. The van der Waals surface area contributed by atoms with Crippen molar-refractivity contribution in [3.05, 3.63) is 51.7 Å². The molecule has 2 aliphatic rings. The van der Waals surface area contributed by atoms with E-state index in [1.807, 2.05) is 4.90 Å². The normalized spacial score (nSPS) is 18.0. The van der Waals surface area contributed by atoms with Gasteiger partial charge in [-0.25, -0.2) is 9.37 Å². The van der Waals surface area contributed by atoms with E-state index in [1.165, 1.54) is 23.7 Å². The fourth-order valence-corrected chi connectivity index (χ4v) is 4.15. The number of rotatable bonds is 4. The van der Waals surface area contributed by atoms with Gasteiger partial charge in [0.05, 0.1) is 5.60 Å². The van der Waals surface area contributed by atoms with E-state index in [0.717, 1.165) is 32.3 Å². The van der Waals surface area contributed by atoms with Crippen molar-refractivity contribution in [2.24, 2.45) is 7.05 Å². The van der Waals surface area contributed by atoms with Crippen molar-refractivity contribution in [1.82, 2.24) is 14.9 Å². The zero-order valence-corrected chi connectivity index (χ0v) is 16.9. The number of nitrogens with one attached hydrogen (secondary N) is 1. The van der Waals surface area contributed by atoms with Gasteiger partial charge in [-0.2, -0.15) is 0 Å². The van der Waals surface area contributed by atoms with Crippen molar-refractivity contribution >= 4 is 11.9 Å². The molecule has 0 unspecified atom stereocenters. The van der Waals surface area contributed by atoms with Crippen LogP contribution >= 0.6 is 0 Å². The molecule has 8 nitrogen and oxygen atoms in total. The monoisotopic (exact) mass is 416 g/mol. The fourth-order valence-electron chi connectivity index (χ4n) is 4.15. The van der Waals surface area contributed by atoms with Crippen LogP contribution in [0.2, 0.25) is 0 Å². The van der Waals surface area contributed by atoms with E-state index >= 15 is 0 Å². The maximum atomic E-state index is 13.0. The summed E-state index contributed by atoms with van der Waals surface area (Å²) < 4.78 is 20.2. The summed E-state index contributed by atoms with van der Waals surface area (Å²) >= 11 is 0. The van der Waals surface area contributed by atoms with Gasteiger partial charge in [0.15, 0.2) is 5.69 Å². The van der Waals surface area contributed by atoms with Crippen LogP contribution in [0.4, 0.5) is 10.3 Å². The third-order valence-corrected chi connectivity index (χ3v) is 5.97. The Bertz CT molecular complexity index is 989. The molecule has 4 rings (SSSR count). The summed E-state index contributed by atoms with van der Waals surface area (Å²) in [5.74, 6) is -1.38. The predicted molar refractivity (Wildman–Crippen MR) is 108 cm³/mol. The molecule has 160 valence electrons. The molecule has 0 atom stereocenters. The van der Waals surface area contributed by atoms with Crippen LogP contribution in [0.5, 0.6) is 5.75 Å². The Hall–Kier alpha value is -2.94. The zero-order chi connectivity index (χ0) is 21.3. The number of hydrogen-bond donors (Lipinski definition) is 2. The van der Waals surface area contributed by atoms with Gasteiger partial charge in [0.2, 0.25) is 11.7 Å². The first-order chi connectivity index (χ1) is 14.4. The number of carbonyl (C=O) groups excluding carboxylic acids is 1. The number of hydrogen-bond acceptors (Lipinski definition) is 6. The lowest BCUT2D eigenvalue weighted by molar-refractivity contribution is -0.0148. The van der Waals surface area contributed by atoms with Crippen molar-refractivity contribution in [3.8, 4) is 5.75 Å². The Labute approximate surface area is 173 Å². The van der Waals surface area contributed by atoms with Gasteiger partial charge in [0, 0.05) is 33.3 Å². The smallest absolute Gasteiger partial charge is 0.297 e. The van der Waals surface area contributed by atoms with Crippen LogP contribution in [0, 0.1) is 5.82 Å². The topological polar surface area (TPSA) is 96.7 Å². The zero-order valence-electron chi connectivity index (χ0n) is 16.9. The summed E-state index contributed by atoms with van der Waals surface area (Å²) in [5.41, 5.74) is -0.384. The molecule has 9 heteroatoms. The molecule has 2 aliphatic heterocycles. The van der Waals surface area contributed by atoms with Gasteiger partial charge in [0.25, 0.3) is 11.5 Å². The predicted octanol–water partition coefficient (Wildman–Crippen LogP) is 1.70. The molecule has 0 aliphatic carbocycles. The first-order valence-electron chi connectivity index (χ1n) is 10.1. The molecule has 0 radical (unpaired) electrons. The first-order valence-corrected chi connectivity index (χ1v) is 10.1. The maximum absolute atomic E-state index is 13.0. The highest BCUT2D eigenvalue weighted by molar-refractivity contribution is 5.95. The van der Waals surface area contributed by atoms with Gasteiger partial charge in [0.1, 0.15) is 5.82 Å². The number of halogens is 1. The number of benzene rings is 1. The lowest BCUT2D eigenvalue weighted by atomic mass is 9.89. The minimum Gasteiger partial charge on any atom is -0.501 e. The SMILES string of the molecule is Cn1c(N2CCC3(CCCO3)CC2)nc(C(=O)NCc2ccc(F)cc2)c(O)c1=O. The van der Waals surface area contributed by atoms with Crippen molar-refractivity contribution in [2.75, 3.05) is 24.6 Å². The number of ether oxygens (including phenoxy) is 1. The number of anilines is 1. The Balaban J connectivity index is 1.52. The molecule has 2 fully saturated rings. The van der Waals surface area contributed by atoms with E-state index < -0.39 is 17.2 Å². The summed E-state index contributed by atoms with van der Waals surface area (Å²) in [4.78, 5) is 31.4. The lowest BCUT2D eigenvalue weighted by Crippen LogP contribution is -2.46. The summed E-state index contributed by atoms with van der Waals surface area (Å²) in [6.07, 6.45) is 3.76. The largest absolute Gasteiger partial charge is 0.501 e. The van der Waals surface area contributed by atoms with E-state index in [4.69, 9.17) is 4.74 Å². The molecule has 3 heterocycles. The molecule has 1 aromatic heterocycles. The third kappa shape index (κ3) is 3.89. The van der Waals surface area contributed by atoms with Crippen molar-refractivity contribution < 1.29 is 19.0 Å². The van der Waals surface area contributed by atoms with E-state index in [-0.39, 0.29) is 23.7 Å². The van der Waals surface area contributed by atoms with Gasteiger partial charge in [-0.1, -0.05) is 12.1 Å². The van der Waals surface area contributed by atoms with E-state index in [0.29, 0.717) is 24.6 Å². The van der Waals surface area contributed by atoms with Crippen LogP contribution in [0.3, 0.4) is 0 Å². The highest BCUT2D eigenvalue weighted by atomic mass is 19.1. The average Bonchev–Trinajstić information content (AvgIpc) is 3.20. The van der Waals surface area contributed by atoms with Crippen molar-refractivity contribution in [3.63, 3.8) is 0 Å². The fraction of sp³-hybridized carbons (Fsp3) is 0.476. The number of carbonyl (C=O) groups is 1. The van der Waals surface area contributed by atoms with E-state index in [1.54, 1.807) is 12.1 Å². The standard InChI is InChI=1S/C21H25FN4O4/c1-25-19(29)17(27)16(18(28)23-13-14-3-5-15(22)6-4-14)24-20(25)26-10-8-21(9-11-26)7-2-12-30-21/h3-6,27H,2,7-13H2,1H3,(H,23,28). The molecule has 30 heavy (non-hydrogen) atoms. The number of nitrogens with zero attached hydrogens (tertiary/aromatic N) is 3. The van der Waals surface area contributed by atoms with Gasteiger partial charge < -0.3 is 20.1 Å². The summed E-state index contributed by atoms with van der Waals surface area (Å²) in [7, 11) is 1.53. The third-order valence-electron chi connectivity index (χ3n) is 5.97. The number of aromatic nitrogens is 2. The maximum Gasteiger partial charge on any atom is 0.297 e. The molecule has 1 spiro atoms. The Kier molecular flexibility index (Phi) is 5.46. The Morgan fingerprint density at radius 3 is 2.60 bits per heavy atom. The minimum atomic E-state index is -0.689. The molecule has 1 amide bonds. The van der Waals surface area contributed by atoms with E-state index in [9.17, 15) is 19.1 Å². The first kappa shape index (κ1) is 20.3. The summed E-state index contributed by atoms with van der Waals surface area (Å²) in [5, 5.41) is 12.8. The quantitative estimate of drug-likeness (QED) is 0.788. The Morgan fingerprint density at radius 1 is 1.27 bits per heavy atom. The Morgan fingerprint density at radius 2 is 1.97 bits per heavy atom. The second kappa shape index (κ2) is 8.06. The molecular weight excluding hydrogens is 391 g/mol. The molecule has 2 aromatic rings. The van der Waals surface area contributed by atoms with Crippen LogP contribution in [0.15, 0.2) is 29.1 Å². The molecular formula is C21H25FN4O4. The highest BCUT2D eigenvalue weighted by Crippen LogP contribution is 2.36. The van der Waals surface area contributed by atoms with E-state index in [2.05, 4.69) is 10.3 Å². The summed E-state index contributed by atoms with van der Waals surface area (Å²) in [6, 6.07) is 5.69. The highest BCUT2D eigenvalue weighted by Gasteiger charge is 2.39. The van der Waals surface area contributed by atoms with Crippen LogP contribution in [-0.2, 0) is 18.3 Å². The van der Waals surface area contributed by atoms with Gasteiger partial charge >= 0.3 is 0 Å². The number of aromatic hydroxyl groups is 1. The molecule has 2 N–H and O–H groups in total. The van der Waals surface area contributed by atoms with Crippen molar-refractivity contribution in [2.45, 2.75) is 37.8 Å². The minimum absolute atomic E-state index is 0.0817. The summed E-state index contributed by atoms with van der Waals surface area (Å²) in [6.45, 7) is 2.21. The number of amides is 1. The van der Waals surface area contributed by atoms with Gasteiger partial charge in [-0.15, -0.1) is 0 Å². The second-order valence-corrected chi connectivity index (χ2v) is 7.90. The van der Waals surface area contributed by atoms with Crippen LogP contribution in [0.25, 0.3) is 0 Å². The van der Waals surface area contributed by atoms with Gasteiger partial charge in [-0.3, -0.25) is 14.2 Å². The average molecular weight is 416 g/mol. The van der Waals surface area contributed by atoms with Crippen molar-refractivity contribution in [1.29, 1.82) is 0 Å².